The minimum Gasteiger partial charge on any atom is -0.462 e. The summed E-state index contributed by atoms with van der Waals surface area (Å²) in [7, 11) is 0. The molecule has 6 heteroatoms. The molecule has 0 spiro atoms. The van der Waals surface area contributed by atoms with Crippen LogP contribution in [0.2, 0.25) is 0 Å². The largest absolute Gasteiger partial charge is 0.462 e. The standard InChI is InChI=1S/C67H128O6/c1-4-7-10-13-16-19-21-23-25-27-29-30-31-32-33-34-35-36-38-39-41-43-45-48-51-54-57-60-66(69)72-63-64(62-71-65(68)59-56-53-50-47-18-15-12-9-6-3)73-67(70)61-58-55-52-49-46-44-42-40-37-28-26-24-22-20-17-14-11-8-5-2/h24,26,64H,4-23,25,27-63H2,1-3H3/b26-24-. The van der Waals surface area contributed by atoms with Crippen molar-refractivity contribution in [1.29, 1.82) is 0 Å². The topological polar surface area (TPSA) is 78.9 Å². The average Bonchev–Trinajstić information content (AvgIpc) is 3.39. The summed E-state index contributed by atoms with van der Waals surface area (Å²) in [5.74, 6) is -0.841. The van der Waals surface area contributed by atoms with E-state index in [1.807, 2.05) is 0 Å². The molecule has 432 valence electrons. The van der Waals surface area contributed by atoms with E-state index >= 15 is 0 Å². The van der Waals surface area contributed by atoms with Crippen molar-refractivity contribution >= 4 is 17.9 Å². The van der Waals surface area contributed by atoms with E-state index in [1.54, 1.807) is 0 Å². The Labute approximate surface area is 456 Å². The van der Waals surface area contributed by atoms with Gasteiger partial charge in [-0.05, 0) is 44.9 Å². The number of hydrogen-bond donors (Lipinski definition) is 0. The van der Waals surface area contributed by atoms with Crippen LogP contribution in [0.25, 0.3) is 0 Å². The normalized spacial score (nSPS) is 12.0. The van der Waals surface area contributed by atoms with Gasteiger partial charge in [-0.2, -0.15) is 0 Å². The number of allylic oxidation sites excluding steroid dienone is 2. The van der Waals surface area contributed by atoms with Gasteiger partial charge in [0.25, 0.3) is 0 Å². The van der Waals surface area contributed by atoms with Gasteiger partial charge in [0.05, 0.1) is 0 Å². The van der Waals surface area contributed by atoms with Crippen LogP contribution in [0.15, 0.2) is 12.2 Å². The second kappa shape index (κ2) is 62.7. The minimum atomic E-state index is -0.766. The van der Waals surface area contributed by atoms with Crippen LogP contribution in [0.5, 0.6) is 0 Å². The molecule has 0 amide bonds. The number of esters is 3. The van der Waals surface area contributed by atoms with Crippen LogP contribution < -0.4 is 0 Å². The van der Waals surface area contributed by atoms with E-state index in [1.165, 1.54) is 283 Å². The Morgan fingerprint density at radius 3 is 0.685 bits per heavy atom. The highest BCUT2D eigenvalue weighted by Gasteiger charge is 2.19. The molecule has 1 unspecified atom stereocenters. The fraction of sp³-hybridized carbons (Fsp3) is 0.925. The lowest BCUT2D eigenvalue weighted by molar-refractivity contribution is -0.167. The minimum absolute atomic E-state index is 0.0646. The Kier molecular flexibility index (Phi) is 61.1. The molecular formula is C67H128O6. The molecule has 0 radical (unpaired) electrons. The fourth-order valence-corrected chi connectivity index (χ4v) is 10.3. The van der Waals surface area contributed by atoms with E-state index in [2.05, 4.69) is 32.9 Å². The van der Waals surface area contributed by atoms with E-state index in [-0.39, 0.29) is 31.1 Å². The average molecular weight is 1030 g/mol. The SMILES string of the molecule is CCCCCCCC/C=C\CCCCCCCCCCCC(=O)OC(COC(=O)CCCCCCCCCCC)COC(=O)CCCCCCCCCCCCCCCCCCCCCCCCCCCCC. The lowest BCUT2D eigenvalue weighted by Crippen LogP contribution is -2.30. The second-order valence-electron chi connectivity index (χ2n) is 22.7. The van der Waals surface area contributed by atoms with Crippen molar-refractivity contribution in [2.75, 3.05) is 13.2 Å². The molecule has 0 aliphatic carbocycles. The molecule has 0 aromatic carbocycles. The number of rotatable bonds is 62. The molecule has 0 aliphatic heterocycles. The van der Waals surface area contributed by atoms with Crippen LogP contribution in [0.4, 0.5) is 0 Å². The summed E-state index contributed by atoms with van der Waals surface area (Å²) in [4.78, 5) is 38.2. The van der Waals surface area contributed by atoms with E-state index in [0.29, 0.717) is 19.3 Å². The second-order valence-corrected chi connectivity index (χ2v) is 22.7. The van der Waals surface area contributed by atoms with Crippen LogP contribution in [0, 0.1) is 0 Å². The Balaban J connectivity index is 4.09. The summed E-state index contributed by atoms with van der Waals surface area (Å²) in [6, 6.07) is 0. The summed E-state index contributed by atoms with van der Waals surface area (Å²) in [6.07, 6.45) is 73.9. The van der Waals surface area contributed by atoms with Gasteiger partial charge in [-0.25, -0.2) is 0 Å². The smallest absolute Gasteiger partial charge is 0.306 e. The Hall–Kier alpha value is -1.85. The van der Waals surface area contributed by atoms with Gasteiger partial charge in [-0.15, -0.1) is 0 Å². The Morgan fingerprint density at radius 1 is 0.260 bits per heavy atom. The third kappa shape index (κ3) is 60.9. The van der Waals surface area contributed by atoms with E-state index in [9.17, 15) is 14.4 Å². The molecule has 0 rings (SSSR count). The first-order chi connectivity index (χ1) is 36.0. The Bertz CT molecular complexity index is 1130. The lowest BCUT2D eigenvalue weighted by atomic mass is 10.0. The summed E-state index contributed by atoms with van der Waals surface area (Å²) in [6.45, 7) is 6.69. The third-order valence-electron chi connectivity index (χ3n) is 15.3. The van der Waals surface area contributed by atoms with Gasteiger partial charge in [-0.3, -0.25) is 14.4 Å². The van der Waals surface area contributed by atoms with Crippen LogP contribution in [-0.4, -0.2) is 37.2 Å². The van der Waals surface area contributed by atoms with Gasteiger partial charge in [0.15, 0.2) is 6.10 Å². The number of carbonyl (C=O) groups excluding carboxylic acids is 3. The summed E-state index contributed by atoms with van der Waals surface area (Å²) in [5.41, 5.74) is 0. The maximum Gasteiger partial charge on any atom is 0.306 e. The maximum absolute atomic E-state index is 12.9. The number of hydrogen-bond acceptors (Lipinski definition) is 6. The molecule has 1 atom stereocenters. The molecule has 0 aromatic heterocycles. The first-order valence-corrected chi connectivity index (χ1v) is 33.2. The molecule has 0 saturated carbocycles. The summed E-state index contributed by atoms with van der Waals surface area (Å²) < 4.78 is 16.9. The van der Waals surface area contributed by atoms with E-state index in [4.69, 9.17) is 14.2 Å². The fourth-order valence-electron chi connectivity index (χ4n) is 10.3. The van der Waals surface area contributed by atoms with Crippen molar-refractivity contribution in [1.82, 2.24) is 0 Å². The zero-order valence-corrected chi connectivity index (χ0v) is 49.7. The highest BCUT2D eigenvalue weighted by Crippen LogP contribution is 2.18. The van der Waals surface area contributed by atoms with E-state index in [0.717, 1.165) is 57.8 Å². The quantitative estimate of drug-likeness (QED) is 0.0261. The van der Waals surface area contributed by atoms with Gasteiger partial charge in [-0.1, -0.05) is 328 Å². The molecule has 0 aromatic rings. The number of carbonyl (C=O) groups is 3. The predicted molar refractivity (Wildman–Crippen MR) is 317 cm³/mol. The zero-order chi connectivity index (χ0) is 52.9. The van der Waals surface area contributed by atoms with Gasteiger partial charge in [0.2, 0.25) is 0 Å². The Morgan fingerprint density at radius 2 is 0.452 bits per heavy atom. The van der Waals surface area contributed by atoms with Gasteiger partial charge in [0, 0.05) is 19.3 Å². The molecule has 0 bridgehead atoms. The lowest BCUT2D eigenvalue weighted by Gasteiger charge is -2.18. The molecule has 0 N–H and O–H groups in total. The van der Waals surface area contributed by atoms with Crippen molar-refractivity contribution in [3.05, 3.63) is 12.2 Å². The van der Waals surface area contributed by atoms with Crippen LogP contribution in [-0.2, 0) is 28.6 Å². The molecule has 73 heavy (non-hydrogen) atoms. The maximum atomic E-state index is 12.9. The summed E-state index contributed by atoms with van der Waals surface area (Å²) >= 11 is 0. The summed E-state index contributed by atoms with van der Waals surface area (Å²) in [5, 5.41) is 0. The molecule has 0 fully saturated rings. The first-order valence-electron chi connectivity index (χ1n) is 33.2. The predicted octanol–water partition coefficient (Wildman–Crippen LogP) is 22.4. The molecule has 6 nitrogen and oxygen atoms in total. The van der Waals surface area contributed by atoms with Crippen LogP contribution >= 0.6 is 0 Å². The molecule has 0 aliphatic rings. The van der Waals surface area contributed by atoms with Crippen molar-refractivity contribution in [3.63, 3.8) is 0 Å². The monoisotopic (exact) mass is 1030 g/mol. The van der Waals surface area contributed by atoms with Crippen LogP contribution in [0.1, 0.15) is 380 Å². The zero-order valence-electron chi connectivity index (χ0n) is 49.7. The molecular weight excluding hydrogens is 901 g/mol. The number of ether oxygens (including phenoxy) is 3. The van der Waals surface area contributed by atoms with Gasteiger partial charge in [0.1, 0.15) is 13.2 Å². The van der Waals surface area contributed by atoms with Crippen molar-refractivity contribution in [3.8, 4) is 0 Å². The van der Waals surface area contributed by atoms with Gasteiger partial charge >= 0.3 is 17.9 Å². The third-order valence-corrected chi connectivity index (χ3v) is 15.3. The van der Waals surface area contributed by atoms with Gasteiger partial charge < -0.3 is 14.2 Å². The van der Waals surface area contributed by atoms with Crippen LogP contribution in [0.3, 0.4) is 0 Å². The van der Waals surface area contributed by atoms with Crippen molar-refractivity contribution in [2.45, 2.75) is 386 Å². The first kappa shape index (κ1) is 71.2. The highest BCUT2D eigenvalue weighted by molar-refractivity contribution is 5.71. The number of unbranched alkanes of at least 4 members (excludes halogenated alkanes) is 49. The molecule has 0 saturated heterocycles. The van der Waals surface area contributed by atoms with Crippen molar-refractivity contribution < 1.29 is 28.6 Å². The highest BCUT2D eigenvalue weighted by atomic mass is 16.6. The van der Waals surface area contributed by atoms with Crippen molar-refractivity contribution in [2.24, 2.45) is 0 Å². The van der Waals surface area contributed by atoms with E-state index < -0.39 is 6.10 Å². The molecule has 0 heterocycles.